The molecule has 0 aliphatic heterocycles. The molecule has 1 atom stereocenters. The quantitative estimate of drug-likeness (QED) is 0.662. The molecule has 0 aliphatic carbocycles. The number of hydrogen-bond donors (Lipinski definition) is 1. The molecule has 1 unspecified atom stereocenters. The van der Waals surface area contributed by atoms with Crippen molar-refractivity contribution in [1.29, 1.82) is 0 Å². The summed E-state index contributed by atoms with van der Waals surface area (Å²) in [5.74, 6) is 0. The molecule has 1 N–H and O–H groups in total. The maximum absolute atomic E-state index is 9.43. The van der Waals surface area contributed by atoms with Gasteiger partial charge in [0.05, 0.1) is 6.10 Å². The van der Waals surface area contributed by atoms with Crippen LogP contribution in [0.4, 0.5) is 0 Å². The molecule has 1 aromatic carbocycles. The number of aliphatic hydroxyl groups is 1. The van der Waals surface area contributed by atoms with Gasteiger partial charge in [0.2, 0.25) is 0 Å². The third-order valence-corrected chi connectivity index (χ3v) is 2.10. The summed E-state index contributed by atoms with van der Waals surface area (Å²) in [5, 5.41) is 9.43. The van der Waals surface area contributed by atoms with Crippen LogP contribution >= 0.6 is 0 Å². The van der Waals surface area contributed by atoms with Crippen LogP contribution in [0.2, 0.25) is 0 Å². The summed E-state index contributed by atoms with van der Waals surface area (Å²) >= 11 is 0. The molecule has 0 heterocycles. The Hall–Kier alpha value is -1.08. The highest BCUT2D eigenvalue weighted by Crippen LogP contribution is 2.17. The van der Waals surface area contributed by atoms with Crippen LogP contribution in [0.1, 0.15) is 22.8 Å². The maximum atomic E-state index is 9.43. The first-order valence-electron chi connectivity index (χ1n) is 4.03. The van der Waals surface area contributed by atoms with Crippen LogP contribution in [-0.4, -0.2) is 5.11 Å². The van der Waals surface area contributed by atoms with Gasteiger partial charge in [0, 0.05) is 0 Å². The average Bonchev–Trinajstić information content (AvgIpc) is 2.08. The van der Waals surface area contributed by atoms with Crippen molar-refractivity contribution in [2.24, 2.45) is 0 Å². The highest BCUT2D eigenvalue weighted by molar-refractivity contribution is 5.32. The Kier molecular flexibility index (Phi) is 2.66. The summed E-state index contributed by atoms with van der Waals surface area (Å²) in [6, 6.07) is 5.92. The monoisotopic (exact) mass is 162 g/mol. The second-order valence-electron chi connectivity index (χ2n) is 3.02. The predicted molar refractivity (Wildman–Crippen MR) is 51.1 cm³/mol. The molecule has 0 saturated carbocycles. The van der Waals surface area contributed by atoms with Crippen LogP contribution in [0.25, 0.3) is 0 Å². The van der Waals surface area contributed by atoms with Gasteiger partial charge in [-0.25, -0.2) is 0 Å². The van der Waals surface area contributed by atoms with Gasteiger partial charge in [0.25, 0.3) is 0 Å². The van der Waals surface area contributed by atoms with E-state index in [4.69, 9.17) is 0 Å². The van der Waals surface area contributed by atoms with Crippen LogP contribution < -0.4 is 0 Å². The SMILES string of the molecule is C=CC(O)c1ccc(C)c(C)c1. The third kappa shape index (κ3) is 1.74. The smallest absolute Gasteiger partial charge is 0.0969 e. The van der Waals surface area contributed by atoms with Crippen LogP contribution in [-0.2, 0) is 0 Å². The molecule has 0 aliphatic rings. The first kappa shape index (κ1) is 9.01. The Balaban J connectivity index is 3.04. The zero-order valence-corrected chi connectivity index (χ0v) is 7.54. The van der Waals surface area contributed by atoms with Gasteiger partial charge in [-0.1, -0.05) is 24.3 Å². The minimum Gasteiger partial charge on any atom is -0.384 e. The van der Waals surface area contributed by atoms with Gasteiger partial charge in [-0.15, -0.1) is 6.58 Å². The molecular weight excluding hydrogens is 148 g/mol. The summed E-state index contributed by atoms with van der Waals surface area (Å²) in [7, 11) is 0. The Labute approximate surface area is 73.4 Å². The number of rotatable bonds is 2. The molecule has 0 amide bonds. The lowest BCUT2D eigenvalue weighted by atomic mass is 10.0. The lowest BCUT2D eigenvalue weighted by molar-refractivity contribution is 0.229. The second kappa shape index (κ2) is 3.55. The first-order chi connectivity index (χ1) is 5.65. The number of aliphatic hydroxyl groups excluding tert-OH is 1. The van der Waals surface area contributed by atoms with Gasteiger partial charge in [-0.05, 0) is 30.5 Å². The fourth-order valence-corrected chi connectivity index (χ4v) is 1.08. The molecule has 0 saturated heterocycles. The molecule has 0 radical (unpaired) electrons. The van der Waals surface area contributed by atoms with Crippen molar-refractivity contribution in [3.63, 3.8) is 0 Å². The summed E-state index contributed by atoms with van der Waals surface area (Å²) in [6.45, 7) is 7.63. The fourth-order valence-electron chi connectivity index (χ4n) is 1.08. The average molecular weight is 162 g/mol. The summed E-state index contributed by atoms with van der Waals surface area (Å²) < 4.78 is 0. The Morgan fingerprint density at radius 2 is 2.00 bits per heavy atom. The van der Waals surface area contributed by atoms with Gasteiger partial charge >= 0.3 is 0 Å². The van der Waals surface area contributed by atoms with E-state index < -0.39 is 6.10 Å². The molecule has 1 heteroatoms. The molecular formula is C11H14O. The van der Waals surface area contributed by atoms with E-state index in [2.05, 4.69) is 13.5 Å². The molecule has 12 heavy (non-hydrogen) atoms. The zero-order valence-electron chi connectivity index (χ0n) is 7.54. The van der Waals surface area contributed by atoms with Crippen molar-refractivity contribution in [1.82, 2.24) is 0 Å². The lowest BCUT2D eigenvalue weighted by Crippen LogP contribution is -1.93. The number of hydrogen-bond acceptors (Lipinski definition) is 1. The van der Waals surface area contributed by atoms with E-state index in [0.717, 1.165) is 5.56 Å². The zero-order chi connectivity index (χ0) is 9.14. The van der Waals surface area contributed by atoms with Crippen LogP contribution in [0, 0.1) is 13.8 Å². The Morgan fingerprint density at radius 3 is 2.50 bits per heavy atom. The lowest BCUT2D eigenvalue weighted by Gasteiger charge is -2.07. The molecule has 1 aromatic rings. The summed E-state index contributed by atoms with van der Waals surface area (Å²) in [5.41, 5.74) is 3.36. The van der Waals surface area contributed by atoms with Crippen LogP contribution in [0.15, 0.2) is 30.9 Å². The normalized spacial score (nSPS) is 12.6. The summed E-state index contributed by atoms with van der Waals surface area (Å²) in [4.78, 5) is 0. The highest BCUT2D eigenvalue weighted by Gasteiger charge is 2.02. The minimum absolute atomic E-state index is 0.538. The molecule has 1 nitrogen and oxygen atoms in total. The fraction of sp³-hybridized carbons (Fsp3) is 0.273. The van der Waals surface area contributed by atoms with Crippen molar-refractivity contribution in [2.45, 2.75) is 20.0 Å². The van der Waals surface area contributed by atoms with E-state index in [9.17, 15) is 5.11 Å². The van der Waals surface area contributed by atoms with Gasteiger partial charge < -0.3 is 5.11 Å². The van der Waals surface area contributed by atoms with E-state index in [1.807, 2.05) is 25.1 Å². The van der Waals surface area contributed by atoms with Gasteiger partial charge in [0.15, 0.2) is 0 Å². The largest absolute Gasteiger partial charge is 0.384 e. The van der Waals surface area contributed by atoms with Crippen molar-refractivity contribution in [3.8, 4) is 0 Å². The third-order valence-electron chi connectivity index (χ3n) is 2.10. The van der Waals surface area contributed by atoms with Crippen molar-refractivity contribution in [3.05, 3.63) is 47.5 Å². The molecule has 64 valence electrons. The molecule has 0 spiro atoms. The summed E-state index contributed by atoms with van der Waals surface area (Å²) in [6.07, 6.45) is 0.994. The van der Waals surface area contributed by atoms with E-state index >= 15 is 0 Å². The molecule has 0 bridgehead atoms. The first-order valence-corrected chi connectivity index (χ1v) is 4.03. The van der Waals surface area contributed by atoms with Crippen molar-refractivity contribution < 1.29 is 5.11 Å². The van der Waals surface area contributed by atoms with E-state index in [-0.39, 0.29) is 0 Å². The second-order valence-corrected chi connectivity index (χ2v) is 3.02. The van der Waals surface area contributed by atoms with Crippen LogP contribution in [0.3, 0.4) is 0 Å². The maximum Gasteiger partial charge on any atom is 0.0969 e. The van der Waals surface area contributed by atoms with Crippen molar-refractivity contribution >= 4 is 0 Å². The van der Waals surface area contributed by atoms with Gasteiger partial charge in [-0.2, -0.15) is 0 Å². The van der Waals surface area contributed by atoms with Gasteiger partial charge in [0.1, 0.15) is 0 Å². The van der Waals surface area contributed by atoms with Crippen LogP contribution in [0.5, 0.6) is 0 Å². The predicted octanol–water partition coefficient (Wildman–Crippen LogP) is 2.52. The number of aryl methyl sites for hydroxylation is 2. The molecule has 1 rings (SSSR count). The van der Waals surface area contributed by atoms with Gasteiger partial charge in [-0.3, -0.25) is 0 Å². The topological polar surface area (TPSA) is 20.2 Å². The minimum atomic E-state index is -0.538. The van der Waals surface area contributed by atoms with E-state index in [1.165, 1.54) is 17.2 Å². The number of benzene rings is 1. The van der Waals surface area contributed by atoms with E-state index in [0.29, 0.717) is 0 Å². The highest BCUT2D eigenvalue weighted by atomic mass is 16.3. The molecule has 0 aromatic heterocycles. The van der Waals surface area contributed by atoms with E-state index in [1.54, 1.807) is 0 Å². The van der Waals surface area contributed by atoms with Crippen molar-refractivity contribution in [2.75, 3.05) is 0 Å². The Morgan fingerprint density at radius 1 is 1.33 bits per heavy atom. The molecule has 0 fully saturated rings. The Bertz CT molecular complexity index is 289. The standard InChI is InChI=1S/C11H14O/c1-4-11(12)10-6-5-8(2)9(3)7-10/h4-7,11-12H,1H2,2-3H3.